The second kappa shape index (κ2) is 10.7. The molecule has 174 valence electrons. The van der Waals surface area contributed by atoms with Crippen LogP contribution in [0.5, 0.6) is 5.75 Å². The third kappa shape index (κ3) is 5.95. The normalized spacial score (nSPS) is 18.9. The van der Waals surface area contributed by atoms with Gasteiger partial charge in [0.25, 0.3) is 0 Å². The van der Waals surface area contributed by atoms with E-state index in [1.54, 1.807) is 0 Å². The summed E-state index contributed by atoms with van der Waals surface area (Å²) in [6.45, 7) is 9.13. The fourth-order valence-electron chi connectivity index (χ4n) is 3.94. The molecule has 0 spiro atoms. The van der Waals surface area contributed by atoms with E-state index in [1.165, 1.54) is 0 Å². The number of carbonyl (C=O) groups is 1. The molecule has 1 aromatic heterocycles. The summed E-state index contributed by atoms with van der Waals surface area (Å²) in [5, 5.41) is 16.0. The van der Waals surface area contributed by atoms with Gasteiger partial charge in [-0.2, -0.15) is 0 Å². The highest BCUT2D eigenvalue weighted by molar-refractivity contribution is 5.86. The SMILES string of the molecule is CC(C)NCc1cnc(COc2ccc3c(c2)N(C)[C@H](C(C)C)C(=O)N[C@@H](CO)C3)nc1. The summed E-state index contributed by atoms with van der Waals surface area (Å²) >= 11 is 0. The lowest BCUT2D eigenvalue weighted by Crippen LogP contribution is -2.54. The number of carbonyl (C=O) groups excluding carboxylic acids is 1. The predicted octanol–water partition coefficient (Wildman–Crippen LogP) is 2.05. The van der Waals surface area contributed by atoms with E-state index in [1.807, 2.05) is 56.4 Å². The first-order valence-corrected chi connectivity index (χ1v) is 11.2. The molecule has 0 bridgehead atoms. The number of fused-ring (bicyclic) bond motifs is 1. The molecule has 2 heterocycles. The van der Waals surface area contributed by atoms with E-state index in [2.05, 4.69) is 34.4 Å². The van der Waals surface area contributed by atoms with E-state index in [9.17, 15) is 9.90 Å². The number of ether oxygens (including phenoxy) is 1. The number of aliphatic hydroxyl groups is 1. The number of aliphatic hydroxyl groups excluding tert-OH is 1. The van der Waals surface area contributed by atoms with Crippen LogP contribution in [-0.2, 0) is 24.4 Å². The molecule has 0 radical (unpaired) electrons. The third-order valence-electron chi connectivity index (χ3n) is 5.63. The lowest BCUT2D eigenvalue weighted by molar-refractivity contribution is -0.124. The van der Waals surface area contributed by atoms with E-state index < -0.39 is 0 Å². The van der Waals surface area contributed by atoms with Gasteiger partial charge in [-0.1, -0.05) is 33.8 Å². The highest BCUT2D eigenvalue weighted by Crippen LogP contribution is 2.31. The van der Waals surface area contributed by atoms with Crippen LogP contribution in [0.15, 0.2) is 30.6 Å². The fraction of sp³-hybridized carbons (Fsp3) is 0.542. The maximum absolute atomic E-state index is 12.8. The molecule has 0 saturated carbocycles. The Labute approximate surface area is 190 Å². The molecule has 32 heavy (non-hydrogen) atoms. The van der Waals surface area contributed by atoms with Crippen molar-refractivity contribution in [1.82, 2.24) is 20.6 Å². The van der Waals surface area contributed by atoms with Crippen LogP contribution < -0.4 is 20.3 Å². The molecule has 0 fully saturated rings. The molecule has 1 aromatic carbocycles. The number of anilines is 1. The first-order chi connectivity index (χ1) is 15.3. The maximum atomic E-state index is 12.8. The molecule has 3 rings (SSSR count). The zero-order valence-electron chi connectivity index (χ0n) is 19.6. The number of nitrogens with one attached hydrogen (secondary N) is 2. The lowest BCUT2D eigenvalue weighted by atomic mass is 9.95. The minimum Gasteiger partial charge on any atom is -0.486 e. The smallest absolute Gasteiger partial charge is 0.243 e. The number of amides is 1. The summed E-state index contributed by atoms with van der Waals surface area (Å²) in [4.78, 5) is 23.6. The summed E-state index contributed by atoms with van der Waals surface area (Å²) in [6.07, 6.45) is 4.19. The highest BCUT2D eigenvalue weighted by atomic mass is 16.5. The number of likely N-dealkylation sites (N-methyl/N-ethyl adjacent to an activating group) is 1. The minimum absolute atomic E-state index is 0.0704. The summed E-state index contributed by atoms with van der Waals surface area (Å²) in [6, 6.07) is 5.63. The van der Waals surface area contributed by atoms with Gasteiger partial charge >= 0.3 is 0 Å². The van der Waals surface area contributed by atoms with Gasteiger partial charge in [-0.05, 0) is 24.0 Å². The van der Waals surface area contributed by atoms with Crippen LogP contribution in [0, 0.1) is 5.92 Å². The van der Waals surface area contributed by atoms with Gasteiger partial charge in [0, 0.05) is 49.3 Å². The predicted molar refractivity (Wildman–Crippen MR) is 125 cm³/mol. The van der Waals surface area contributed by atoms with Crippen molar-refractivity contribution in [3.63, 3.8) is 0 Å². The molecule has 8 nitrogen and oxygen atoms in total. The Kier molecular flexibility index (Phi) is 8.04. The van der Waals surface area contributed by atoms with Gasteiger partial charge in [-0.15, -0.1) is 0 Å². The largest absolute Gasteiger partial charge is 0.486 e. The molecule has 1 amide bonds. The average molecular weight is 442 g/mol. The van der Waals surface area contributed by atoms with E-state index >= 15 is 0 Å². The number of hydrogen-bond donors (Lipinski definition) is 3. The zero-order valence-corrected chi connectivity index (χ0v) is 19.6. The second-order valence-electron chi connectivity index (χ2n) is 9.01. The van der Waals surface area contributed by atoms with Crippen LogP contribution >= 0.6 is 0 Å². The molecule has 0 aliphatic carbocycles. The van der Waals surface area contributed by atoms with Crippen LogP contribution in [-0.4, -0.2) is 52.8 Å². The topological polar surface area (TPSA) is 99.6 Å². The van der Waals surface area contributed by atoms with E-state index in [0.717, 1.165) is 23.4 Å². The average Bonchev–Trinajstić information content (AvgIpc) is 2.76. The number of nitrogens with zero attached hydrogens (tertiary/aromatic N) is 3. The molecule has 0 saturated heterocycles. The van der Waals surface area contributed by atoms with Crippen LogP contribution in [0.1, 0.15) is 44.6 Å². The van der Waals surface area contributed by atoms with Gasteiger partial charge in [0.1, 0.15) is 18.4 Å². The second-order valence-corrected chi connectivity index (χ2v) is 9.01. The Morgan fingerprint density at radius 3 is 2.59 bits per heavy atom. The summed E-state index contributed by atoms with van der Waals surface area (Å²) in [7, 11) is 1.93. The monoisotopic (exact) mass is 441 g/mol. The van der Waals surface area contributed by atoms with Crippen molar-refractivity contribution in [3.05, 3.63) is 47.5 Å². The van der Waals surface area contributed by atoms with Gasteiger partial charge in [0.15, 0.2) is 5.82 Å². The van der Waals surface area contributed by atoms with E-state index in [4.69, 9.17) is 4.74 Å². The molecule has 2 atom stereocenters. The highest BCUT2D eigenvalue weighted by Gasteiger charge is 2.32. The number of rotatable bonds is 8. The van der Waals surface area contributed by atoms with Crippen LogP contribution in [0.25, 0.3) is 0 Å². The summed E-state index contributed by atoms with van der Waals surface area (Å²) in [5.74, 6) is 1.33. The van der Waals surface area contributed by atoms with Crippen molar-refractivity contribution in [2.75, 3.05) is 18.6 Å². The zero-order chi connectivity index (χ0) is 23.3. The van der Waals surface area contributed by atoms with Gasteiger partial charge < -0.3 is 25.4 Å². The van der Waals surface area contributed by atoms with Crippen molar-refractivity contribution < 1.29 is 14.6 Å². The number of aromatic nitrogens is 2. The summed E-state index contributed by atoms with van der Waals surface area (Å²) in [5.41, 5.74) is 3.02. The van der Waals surface area contributed by atoms with Crippen molar-refractivity contribution >= 4 is 11.6 Å². The Balaban J connectivity index is 1.75. The Hall–Kier alpha value is -2.71. The van der Waals surface area contributed by atoms with Crippen molar-refractivity contribution in [2.24, 2.45) is 5.92 Å². The number of benzene rings is 1. The van der Waals surface area contributed by atoms with Crippen LogP contribution in [0.2, 0.25) is 0 Å². The quantitative estimate of drug-likeness (QED) is 0.577. The minimum atomic E-state index is -0.339. The van der Waals surface area contributed by atoms with Gasteiger partial charge in [-0.3, -0.25) is 4.79 Å². The Bertz CT molecular complexity index is 901. The maximum Gasteiger partial charge on any atom is 0.243 e. The molecule has 1 aliphatic heterocycles. The first kappa shape index (κ1) is 23.9. The van der Waals surface area contributed by atoms with Gasteiger partial charge in [0.05, 0.1) is 12.6 Å². The lowest BCUT2D eigenvalue weighted by Gasteiger charge is -2.37. The van der Waals surface area contributed by atoms with Crippen LogP contribution in [0.4, 0.5) is 5.69 Å². The first-order valence-electron chi connectivity index (χ1n) is 11.2. The standard InChI is InChI=1S/C24H35N5O3/c1-15(2)23-24(31)28-19(13-30)8-18-6-7-20(9-21(18)29(23)5)32-14-22-26-11-17(12-27-22)10-25-16(3)4/h6-7,9,11-12,15-16,19,23,25,30H,8,10,13-14H2,1-5H3,(H,28,31)/t19-,23-/m1/s1. The molecule has 3 N–H and O–H groups in total. The van der Waals surface area contributed by atoms with Crippen molar-refractivity contribution in [1.29, 1.82) is 0 Å². The molecule has 2 aromatic rings. The van der Waals surface area contributed by atoms with E-state index in [0.29, 0.717) is 24.0 Å². The van der Waals surface area contributed by atoms with Gasteiger partial charge in [0.2, 0.25) is 5.91 Å². The van der Waals surface area contributed by atoms with E-state index in [-0.39, 0.29) is 37.1 Å². The molecular formula is C24H35N5O3. The number of hydrogen-bond acceptors (Lipinski definition) is 7. The summed E-state index contributed by atoms with van der Waals surface area (Å²) < 4.78 is 5.98. The molecule has 8 heteroatoms. The van der Waals surface area contributed by atoms with Gasteiger partial charge in [-0.25, -0.2) is 9.97 Å². The molecular weight excluding hydrogens is 406 g/mol. The van der Waals surface area contributed by atoms with Crippen molar-refractivity contribution in [3.8, 4) is 5.75 Å². The molecule has 0 unspecified atom stereocenters. The fourth-order valence-corrected chi connectivity index (χ4v) is 3.94. The van der Waals surface area contributed by atoms with Crippen LogP contribution in [0.3, 0.4) is 0 Å². The Morgan fingerprint density at radius 1 is 1.25 bits per heavy atom. The molecule has 1 aliphatic rings. The van der Waals surface area contributed by atoms with Crippen molar-refractivity contribution in [2.45, 2.75) is 65.4 Å². The Morgan fingerprint density at radius 2 is 1.97 bits per heavy atom. The third-order valence-corrected chi connectivity index (χ3v) is 5.63.